The highest BCUT2D eigenvalue weighted by Gasteiger charge is 2.19. The summed E-state index contributed by atoms with van der Waals surface area (Å²) >= 11 is 3.43. The maximum absolute atomic E-state index is 12.4. The average molecular weight is 480 g/mol. The molecular formula is C25H22BrNO4. The number of rotatable bonds is 9. The Bertz CT molecular complexity index is 1050. The molecule has 0 aliphatic rings. The van der Waals surface area contributed by atoms with E-state index in [1.54, 1.807) is 6.08 Å². The van der Waals surface area contributed by atoms with Crippen molar-refractivity contribution >= 4 is 33.9 Å². The standard InChI is InChI=1S/C25H22BrNO4/c26-21-12-13-23(31-17-19-9-5-2-6-10-19)20(16-21)11-14-24(28)27-22(25(29)30)15-18-7-3-1-4-8-18/h1-14,16,22H,15,17H2,(H,27,28)(H,29,30)/b14-11+/t22-/m1/s1. The van der Waals surface area contributed by atoms with Gasteiger partial charge < -0.3 is 15.2 Å². The van der Waals surface area contributed by atoms with Gasteiger partial charge in [-0.15, -0.1) is 0 Å². The zero-order valence-corrected chi connectivity index (χ0v) is 18.3. The van der Waals surface area contributed by atoms with Crippen LogP contribution in [0.4, 0.5) is 0 Å². The number of carbonyl (C=O) groups excluding carboxylic acids is 1. The van der Waals surface area contributed by atoms with Gasteiger partial charge in [0.2, 0.25) is 5.91 Å². The minimum atomic E-state index is -1.08. The van der Waals surface area contributed by atoms with Crippen LogP contribution in [0.1, 0.15) is 16.7 Å². The molecule has 5 nitrogen and oxygen atoms in total. The first kappa shape index (κ1) is 22.3. The number of ether oxygens (including phenoxy) is 1. The summed E-state index contributed by atoms with van der Waals surface area (Å²) in [6.45, 7) is 0.397. The number of hydrogen-bond donors (Lipinski definition) is 2. The Morgan fingerprint density at radius 1 is 0.968 bits per heavy atom. The molecule has 0 heterocycles. The van der Waals surface area contributed by atoms with Crippen molar-refractivity contribution in [2.45, 2.75) is 19.1 Å². The number of carboxylic acid groups (broad SMARTS) is 1. The van der Waals surface area contributed by atoms with Gasteiger partial charge in [0, 0.05) is 22.5 Å². The van der Waals surface area contributed by atoms with Crippen molar-refractivity contribution in [3.05, 3.63) is 106 Å². The molecule has 0 fully saturated rings. The number of halogens is 1. The molecule has 0 radical (unpaired) electrons. The fraction of sp³-hybridized carbons (Fsp3) is 0.120. The zero-order valence-electron chi connectivity index (χ0n) is 16.7. The van der Waals surface area contributed by atoms with Gasteiger partial charge >= 0.3 is 5.97 Å². The van der Waals surface area contributed by atoms with E-state index < -0.39 is 17.9 Å². The Morgan fingerprint density at radius 3 is 2.26 bits per heavy atom. The van der Waals surface area contributed by atoms with Gasteiger partial charge in [-0.1, -0.05) is 76.6 Å². The van der Waals surface area contributed by atoms with Crippen LogP contribution in [0.15, 0.2) is 89.4 Å². The molecule has 3 aromatic rings. The van der Waals surface area contributed by atoms with Crippen molar-refractivity contribution in [1.82, 2.24) is 5.32 Å². The van der Waals surface area contributed by atoms with Gasteiger partial charge in [0.15, 0.2) is 0 Å². The Morgan fingerprint density at radius 2 is 1.61 bits per heavy atom. The summed E-state index contributed by atoms with van der Waals surface area (Å²) in [7, 11) is 0. The predicted octanol–water partition coefficient (Wildman–Crippen LogP) is 4.85. The van der Waals surface area contributed by atoms with Crippen LogP contribution >= 0.6 is 15.9 Å². The van der Waals surface area contributed by atoms with Gasteiger partial charge in [0.05, 0.1) is 0 Å². The number of nitrogens with one attached hydrogen (secondary N) is 1. The third kappa shape index (κ3) is 7.12. The second-order valence-corrected chi connectivity index (χ2v) is 7.79. The summed E-state index contributed by atoms with van der Waals surface area (Å²) in [6.07, 6.45) is 3.14. The highest BCUT2D eigenvalue weighted by Crippen LogP contribution is 2.25. The number of carboxylic acids is 1. The Balaban J connectivity index is 1.67. The quantitative estimate of drug-likeness (QED) is 0.430. The Hall–Kier alpha value is -3.38. The topological polar surface area (TPSA) is 75.6 Å². The number of hydrogen-bond acceptors (Lipinski definition) is 3. The van der Waals surface area contributed by atoms with Crippen LogP contribution in [0, 0.1) is 0 Å². The van der Waals surface area contributed by atoms with Crippen LogP contribution in [0.25, 0.3) is 6.08 Å². The fourth-order valence-corrected chi connectivity index (χ4v) is 3.33. The molecule has 31 heavy (non-hydrogen) atoms. The minimum absolute atomic E-state index is 0.206. The Labute approximate surface area is 189 Å². The molecule has 1 amide bonds. The molecule has 0 bridgehead atoms. The van der Waals surface area contributed by atoms with Crippen LogP contribution in [0.3, 0.4) is 0 Å². The van der Waals surface area contributed by atoms with E-state index in [1.807, 2.05) is 78.9 Å². The van der Waals surface area contributed by atoms with E-state index in [-0.39, 0.29) is 6.42 Å². The summed E-state index contributed by atoms with van der Waals surface area (Å²) in [6, 6.07) is 23.5. The van der Waals surface area contributed by atoms with Crippen molar-refractivity contribution in [1.29, 1.82) is 0 Å². The lowest BCUT2D eigenvalue weighted by Crippen LogP contribution is -2.41. The lowest BCUT2D eigenvalue weighted by molar-refractivity contribution is -0.141. The highest BCUT2D eigenvalue weighted by molar-refractivity contribution is 9.10. The summed E-state index contributed by atoms with van der Waals surface area (Å²) in [5.41, 5.74) is 2.57. The molecule has 3 aromatic carbocycles. The number of benzene rings is 3. The first-order valence-electron chi connectivity index (χ1n) is 9.73. The van der Waals surface area contributed by atoms with Gasteiger partial charge in [-0.2, -0.15) is 0 Å². The molecule has 0 unspecified atom stereocenters. The van der Waals surface area contributed by atoms with Crippen LogP contribution in [0.5, 0.6) is 5.75 Å². The Kier molecular flexibility index (Phi) is 8.01. The molecule has 3 rings (SSSR count). The molecule has 158 valence electrons. The molecule has 2 N–H and O–H groups in total. The van der Waals surface area contributed by atoms with Crippen LogP contribution < -0.4 is 10.1 Å². The first-order valence-corrected chi connectivity index (χ1v) is 10.5. The van der Waals surface area contributed by atoms with Crippen molar-refractivity contribution in [3.63, 3.8) is 0 Å². The summed E-state index contributed by atoms with van der Waals surface area (Å²) in [5.74, 6) is -0.951. The van der Waals surface area contributed by atoms with Gasteiger partial charge in [-0.25, -0.2) is 4.79 Å². The minimum Gasteiger partial charge on any atom is -0.488 e. The van der Waals surface area contributed by atoms with E-state index in [2.05, 4.69) is 21.2 Å². The van der Waals surface area contributed by atoms with E-state index in [1.165, 1.54) is 6.08 Å². The lowest BCUT2D eigenvalue weighted by Gasteiger charge is -2.13. The van der Waals surface area contributed by atoms with Crippen molar-refractivity contribution < 1.29 is 19.4 Å². The maximum Gasteiger partial charge on any atom is 0.326 e. The lowest BCUT2D eigenvalue weighted by atomic mass is 10.1. The molecule has 0 aromatic heterocycles. The van der Waals surface area contributed by atoms with Gasteiger partial charge in [-0.3, -0.25) is 4.79 Å². The average Bonchev–Trinajstić information content (AvgIpc) is 2.78. The largest absolute Gasteiger partial charge is 0.488 e. The van der Waals surface area contributed by atoms with Crippen molar-refractivity contribution in [2.75, 3.05) is 0 Å². The van der Waals surface area contributed by atoms with Crippen LogP contribution in [0.2, 0.25) is 0 Å². The van der Waals surface area contributed by atoms with E-state index in [4.69, 9.17) is 4.74 Å². The monoisotopic (exact) mass is 479 g/mol. The summed E-state index contributed by atoms with van der Waals surface area (Å²) in [5, 5.41) is 12.0. The number of amides is 1. The van der Waals surface area contributed by atoms with Gasteiger partial charge in [0.25, 0.3) is 0 Å². The van der Waals surface area contributed by atoms with E-state index in [9.17, 15) is 14.7 Å². The van der Waals surface area contributed by atoms with Crippen molar-refractivity contribution in [2.24, 2.45) is 0 Å². The van der Waals surface area contributed by atoms with Crippen LogP contribution in [-0.4, -0.2) is 23.0 Å². The second kappa shape index (κ2) is 11.1. The van der Waals surface area contributed by atoms with Crippen molar-refractivity contribution in [3.8, 4) is 5.75 Å². The van der Waals surface area contributed by atoms with Gasteiger partial charge in [-0.05, 0) is 35.4 Å². The molecule has 6 heteroatoms. The zero-order chi connectivity index (χ0) is 22.1. The molecule has 0 saturated carbocycles. The first-order chi connectivity index (χ1) is 15.0. The number of aliphatic carboxylic acids is 1. The molecular weight excluding hydrogens is 458 g/mol. The summed E-state index contributed by atoms with van der Waals surface area (Å²) < 4.78 is 6.75. The third-order valence-corrected chi connectivity index (χ3v) is 5.01. The SMILES string of the molecule is O=C(/C=C/c1cc(Br)ccc1OCc1ccccc1)N[C@H](Cc1ccccc1)C(=O)O. The maximum atomic E-state index is 12.4. The number of carbonyl (C=O) groups is 2. The normalized spacial score (nSPS) is 11.8. The molecule has 1 atom stereocenters. The smallest absolute Gasteiger partial charge is 0.326 e. The van der Waals surface area contributed by atoms with Gasteiger partial charge in [0.1, 0.15) is 18.4 Å². The second-order valence-electron chi connectivity index (χ2n) is 6.88. The van der Waals surface area contributed by atoms with E-state index >= 15 is 0 Å². The molecule has 0 spiro atoms. The predicted molar refractivity (Wildman–Crippen MR) is 124 cm³/mol. The van der Waals surface area contributed by atoms with E-state index in [0.29, 0.717) is 17.9 Å². The molecule has 0 saturated heterocycles. The molecule has 0 aliphatic heterocycles. The third-order valence-electron chi connectivity index (χ3n) is 4.52. The summed E-state index contributed by atoms with van der Waals surface area (Å²) in [4.78, 5) is 24.0. The van der Waals surface area contributed by atoms with E-state index in [0.717, 1.165) is 15.6 Å². The highest BCUT2D eigenvalue weighted by atomic mass is 79.9. The van der Waals surface area contributed by atoms with Crippen LogP contribution in [-0.2, 0) is 22.6 Å². The fourth-order valence-electron chi connectivity index (χ4n) is 2.95. The molecule has 0 aliphatic carbocycles.